The minimum absolute atomic E-state index is 0. The number of rotatable bonds is 9. The average Bonchev–Trinajstić information content (AvgIpc) is 2.63. The number of para-hydroxylation sites is 1. The highest BCUT2D eigenvalue weighted by atomic mass is 35.5. The molecule has 0 saturated heterocycles. The Labute approximate surface area is 169 Å². The summed E-state index contributed by atoms with van der Waals surface area (Å²) in [6.07, 6.45) is 1.23. The Hall–Kier alpha value is -1.75. The number of amides is 1. The van der Waals surface area contributed by atoms with Gasteiger partial charge in [-0.1, -0.05) is 48.5 Å². The smallest absolute Gasteiger partial charge is 0.221 e. The van der Waals surface area contributed by atoms with Crippen molar-refractivity contribution >= 4 is 36.4 Å². The van der Waals surface area contributed by atoms with Crippen molar-refractivity contribution in [2.45, 2.75) is 25.8 Å². The maximum absolute atomic E-state index is 12.0. The summed E-state index contributed by atoms with van der Waals surface area (Å²) in [6, 6.07) is 19.8. The number of hydrogen-bond acceptors (Lipinski definition) is 3. The maximum Gasteiger partial charge on any atom is 0.221 e. The third-order valence-electron chi connectivity index (χ3n) is 4.06. The summed E-state index contributed by atoms with van der Waals surface area (Å²) in [5.41, 5.74) is 8.29. The van der Waals surface area contributed by atoms with Gasteiger partial charge in [0.2, 0.25) is 5.91 Å². The van der Waals surface area contributed by atoms with Crippen molar-refractivity contribution in [2.75, 3.05) is 24.5 Å². The fourth-order valence-corrected chi connectivity index (χ4v) is 2.70. The molecule has 0 radical (unpaired) electrons. The Balaban J connectivity index is 0.00000312. The minimum atomic E-state index is -0.248. The van der Waals surface area contributed by atoms with Crippen LogP contribution < -0.4 is 16.0 Å². The molecule has 2 aromatic carbocycles. The van der Waals surface area contributed by atoms with Gasteiger partial charge in [-0.2, -0.15) is 0 Å². The number of hydrogen-bond donors (Lipinski definition) is 2. The molecule has 1 unspecified atom stereocenters. The summed E-state index contributed by atoms with van der Waals surface area (Å²) in [4.78, 5) is 14.3. The van der Waals surface area contributed by atoms with Crippen LogP contribution in [0.1, 0.15) is 31.4 Å². The lowest BCUT2D eigenvalue weighted by molar-refractivity contribution is -0.121. The molecule has 0 aliphatic rings. The molecule has 0 saturated carbocycles. The quantitative estimate of drug-likeness (QED) is 0.629. The van der Waals surface area contributed by atoms with E-state index in [1.807, 2.05) is 48.5 Å². The van der Waals surface area contributed by atoms with E-state index in [0.717, 1.165) is 25.1 Å². The zero-order chi connectivity index (χ0) is 17.2. The number of halogens is 2. The van der Waals surface area contributed by atoms with Gasteiger partial charge >= 0.3 is 0 Å². The number of nitrogens with two attached hydrogens (primary N) is 1. The van der Waals surface area contributed by atoms with Crippen molar-refractivity contribution in [1.29, 1.82) is 0 Å². The fourth-order valence-electron chi connectivity index (χ4n) is 2.70. The van der Waals surface area contributed by atoms with Crippen molar-refractivity contribution in [3.63, 3.8) is 0 Å². The molecule has 0 fully saturated rings. The number of anilines is 1. The van der Waals surface area contributed by atoms with Crippen molar-refractivity contribution in [2.24, 2.45) is 5.73 Å². The van der Waals surface area contributed by atoms with Crippen LogP contribution in [0.5, 0.6) is 0 Å². The van der Waals surface area contributed by atoms with E-state index in [4.69, 9.17) is 5.73 Å². The lowest BCUT2D eigenvalue weighted by Crippen LogP contribution is -2.31. The Morgan fingerprint density at radius 1 is 1.04 bits per heavy atom. The molecule has 26 heavy (non-hydrogen) atoms. The van der Waals surface area contributed by atoms with E-state index in [-0.39, 0.29) is 36.8 Å². The normalized spacial score (nSPS) is 10.8. The second-order valence-electron chi connectivity index (χ2n) is 5.84. The van der Waals surface area contributed by atoms with E-state index in [9.17, 15) is 4.79 Å². The van der Waals surface area contributed by atoms with Crippen LogP contribution in [0.4, 0.5) is 5.69 Å². The van der Waals surface area contributed by atoms with E-state index < -0.39 is 0 Å². The van der Waals surface area contributed by atoms with Crippen LogP contribution in [0.25, 0.3) is 0 Å². The number of carbonyl (C=O) groups excluding carboxylic acids is 1. The third kappa shape index (κ3) is 8.09. The Morgan fingerprint density at radius 2 is 1.62 bits per heavy atom. The van der Waals surface area contributed by atoms with Gasteiger partial charge < -0.3 is 16.0 Å². The lowest BCUT2D eigenvalue weighted by Gasteiger charge is -2.23. The molecule has 0 aliphatic carbocycles. The van der Waals surface area contributed by atoms with Gasteiger partial charge in [-0.15, -0.1) is 24.8 Å². The third-order valence-corrected chi connectivity index (χ3v) is 4.06. The van der Waals surface area contributed by atoms with Gasteiger partial charge in [0.15, 0.2) is 0 Å². The van der Waals surface area contributed by atoms with Gasteiger partial charge in [-0.3, -0.25) is 4.79 Å². The van der Waals surface area contributed by atoms with E-state index in [1.165, 1.54) is 5.69 Å². The van der Waals surface area contributed by atoms with Crippen LogP contribution in [0.15, 0.2) is 60.7 Å². The fraction of sp³-hybridized carbons (Fsp3) is 0.350. The molecule has 1 amide bonds. The molecule has 0 spiro atoms. The first-order valence-electron chi connectivity index (χ1n) is 8.58. The number of carbonyl (C=O) groups is 1. The molecule has 2 aromatic rings. The highest BCUT2D eigenvalue weighted by molar-refractivity contribution is 5.85. The van der Waals surface area contributed by atoms with E-state index in [1.54, 1.807) is 0 Å². The molecule has 0 heterocycles. The first-order chi connectivity index (χ1) is 11.7. The van der Waals surface area contributed by atoms with E-state index >= 15 is 0 Å². The number of nitrogens with zero attached hydrogens (tertiary/aromatic N) is 1. The second-order valence-corrected chi connectivity index (χ2v) is 5.84. The van der Waals surface area contributed by atoms with Crippen molar-refractivity contribution in [3.8, 4) is 0 Å². The molecular formula is C20H29Cl2N3O. The molecule has 0 aliphatic heterocycles. The SMILES string of the molecule is CCN(CCCNC(=O)CC(N)c1ccccc1)c1ccccc1.Cl.Cl. The zero-order valence-corrected chi connectivity index (χ0v) is 16.8. The summed E-state index contributed by atoms with van der Waals surface area (Å²) in [6.45, 7) is 4.69. The molecule has 3 N–H and O–H groups in total. The molecule has 0 bridgehead atoms. The monoisotopic (exact) mass is 397 g/mol. The maximum atomic E-state index is 12.0. The average molecular weight is 398 g/mol. The van der Waals surface area contributed by atoms with Crippen LogP contribution in [0.3, 0.4) is 0 Å². The van der Waals surface area contributed by atoms with E-state index in [2.05, 4.69) is 29.3 Å². The first kappa shape index (κ1) is 24.2. The Bertz CT molecular complexity index is 611. The summed E-state index contributed by atoms with van der Waals surface area (Å²) < 4.78 is 0. The summed E-state index contributed by atoms with van der Waals surface area (Å²) in [5.74, 6) is 0.00844. The summed E-state index contributed by atoms with van der Waals surface area (Å²) in [7, 11) is 0. The van der Waals surface area contributed by atoms with Gasteiger partial charge in [0.05, 0.1) is 0 Å². The Morgan fingerprint density at radius 3 is 2.19 bits per heavy atom. The van der Waals surface area contributed by atoms with Gasteiger partial charge in [0.25, 0.3) is 0 Å². The summed E-state index contributed by atoms with van der Waals surface area (Å²) in [5, 5.41) is 2.97. The number of benzene rings is 2. The lowest BCUT2D eigenvalue weighted by atomic mass is 10.0. The highest BCUT2D eigenvalue weighted by Crippen LogP contribution is 2.14. The minimum Gasteiger partial charge on any atom is -0.372 e. The topological polar surface area (TPSA) is 58.4 Å². The van der Waals surface area contributed by atoms with Crippen molar-refractivity contribution in [1.82, 2.24) is 5.32 Å². The number of nitrogens with one attached hydrogen (secondary N) is 1. The predicted molar refractivity (Wildman–Crippen MR) is 114 cm³/mol. The Kier molecular flexibility index (Phi) is 12.5. The molecule has 0 aromatic heterocycles. The van der Waals surface area contributed by atoms with Crippen molar-refractivity contribution in [3.05, 3.63) is 66.2 Å². The van der Waals surface area contributed by atoms with Gasteiger partial charge in [0, 0.05) is 37.8 Å². The van der Waals surface area contributed by atoms with Crippen LogP contribution in [0.2, 0.25) is 0 Å². The summed E-state index contributed by atoms with van der Waals surface area (Å²) >= 11 is 0. The standard InChI is InChI=1S/C20H27N3O.2ClH/c1-2-23(18-12-7-4-8-13-18)15-9-14-22-20(24)16-19(21)17-10-5-3-6-11-17;;/h3-8,10-13,19H,2,9,14-16,21H2,1H3,(H,22,24);2*1H. The molecule has 1 atom stereocenters. The van der Waals surface area contributed by atoms with E-state index in [0.29, 0.717) is 13.0 Å². The van der Waals surface area contributed by atoms with Crippen LogP contribution in [-0.4, -0.2) is 25.5 Å². The van der Waals surface area contributed by atoms with Gasteiger partial charge in [-0.05, 0) is 31.0 Å². The van der Waals surface area contributed by atoms with Crippen LogP contribution in [0, 0.1) is 0 Å². The van der Waals surface area contributed by atoms with Crippen LogP contribution in [-0.2, 0) is 4.79 Å². The zero-order valence-electron chi connectivity index (χ0n) is 15.1. The van der Waals surface area contributed by atoms with Gasteiger partial charge in [0.1, 0.15) is 0 Å². The van der Waals surface area contributed by atoms with Crippen LogP contribution >= 0.6 is 24.8 Å². The molecular weight excluding hydrogens is 369 g/mol. The van der Waals surface area contributed by atoms with Gasteiger partial charge in [-0.25, -0.2) is 0 Å². The first-order valence-corrected chi connectivity index (χ1v) is 8.58. The molecule has 2 rings (SSSR count). The highest BCUT2D eigenvalue weighted by Gasteiger charge is 2.11. The molecule has 144 valence electrons. The molecule has 6 heteroatoms. The second kappa shape index (κ2) is 13.5. The predicted octanol–water partition coefficient (Wildman–Crippen LogP) is 3.95. The van der Waals surface area contributed by atoms with Crippen molar-refractivity contribution < 1.29 is 4.79 Å². The molecule has 4 nitrogen and oxygen atoms in total. The largest absolute Gasteiger partial charge is 0.372 e.